The summed E-state index contributed by atoms with van der Waals surface area (Å²) in [6.07, 6.45) is -3.57. The molecule has 0 amide bonds. The number of methoxy groups -OCH3 is 2. The Morgan fingerprint density at radius 3 is 2.22 bits per heavy atom. The molecule has 0 aromatic rings. The first kappa shape index (κ1) is 46.7. The Morgan fingerprint density at radius 1 is 1.00 bits per heavy atom. The number of aliphatic hydroxyl groups is 2. The van der Waals surface area contributed by atoms with Crippen LogP contribution in [0.5, 0.6) is 0 Å². The first-order chi connectivity index (χ1) is 25.3. The van der Waals surface area contributed by atoms with Crippen molar-refractivity contribution in [2.45, 2.75) is 174 Å². The second kappa shape index (κ2) is 20.1. The topological polar surface area (TPSA) is 159 Å². The van der Waals surface area contributed by atoms with E-state index in [1.807, 2.05) is 41.7 Å². The van der Waals surface area contributed by atoms with E-state index in [1.165, 1.54) is 6.26 Å². The lowest BCUT2D eigenvalue weighted by Gasteiger charge is -2.49. The fourth-order valence-corrected chi connectivity index (χ4v) is 8.74. The fourth-order valence-electron chi connectivity index (χ4n) is 8.74. The molecule has 4 unspecified atom stereocenters. The minimum absolute atomic E-state index is 0.0599. The van der Waals surface area contributed by atoms with Gasteiger partial charge in [0.2, 0.25) is 0 Å². The van der Waals surface area contributed by atoms with Gasteiger partial charge in [-0.2, -0.15) is 0 Å². The van der Waals surface area contributed by atoms with Gasteiger partial charge in [-0.05, 0) is 74.9 Å². The molecular formula is C40H73N3O11. The van der Waals surface area contributed by atoms with Crippen LogP contribution in [-0.4, -0.2) is 140 Å². The molecule has 14 heteroatoms. The number of carbonyl (C=O) groups excluding carboxylic acids is 1. The number of likely N-dealkylation sites (N-methyl/N-ethyl adjacent to an activating group) is 2. The van der Waals surface area contributed by atoms with Crippen LogP contribution in [0, 0.1) is 23.7 Å². The number of aliphatic hydroxyl groups excluding tert-OH is 2. The molecule has 3 heterocycles. The molecule has 0 saturated carbocycles. The summed E-state index contributed by atoms with van der Waals surface area (Å²) in [4.78, 5) is 22.0. The largest absolute Gasteiger partial charge is 0.460 e. The molecule has 0 spiro atoms. The quantitative estimate of drug-likeness (QED) is 0.165. The third-order valence-corrected chi connectivity index (χ3v) is 12.4. The zero-order valence-electron chi connectivity index (χ0n) is 35.4. The average Bonchev–Trinajstić information content (AvgIpc) is 3.13. The van der Waals surface area contributed by atoms with Gasteiger partial charge in [-0.25, -0.2) is 0 Å². The minimum Gasteiger partial charge on any atom is -0.460 e. The maximum Gasteiger partial charge on any atom is 0.311 e. The van der Waals surface area contributed by atoms with Crippen LogP contribution < -0.4 is 5.32 Å². The molecule has 17 atom stereocenters. The first-order valence-corrected chi connectivity index (χ1v) is 19.8. The SMILES string of the molecule is C=CO/N=C1/C(C)CN(C)C(C)C(CC)OC(=O)[C@H](C)C(O[C@H]2C[C@@](C)(OC)[C@@H](O)[C@H](C)O2)[C@H](C)[C@@H](O[C@@H]2O[C@H](C)C[C@H](NC)[C@H]2O)[C@@](C)(OC)C[C@H]1C. The van der Waals surface area contributed by atoms with Crippen molar-refractivity contribution in [3.05, 3.63) is 12.8 Å². The highest BCUT2D eigenvalue weighted by Gasteiger charge is 2.52. The van der Waals surface area contributed by atoms with Crippen molar-refractivity contribution in [3.63, 3.8) is 0 Å². The number of esters is 1. The van der Waals surface area contributed by atoms with E-state index in [9.17, 15) is 15.0 Å². The summed E-state index contributed by atoms with van der Waals surface area (Å²) in [6.45, 7) is 23.8. The van der Waals surface area contributed by atoms with Gasteiger partial charge in [-0.3, -0.25) is 9.69 Å². The van der Waals surface area contributed by atoms with Crippen LogP contribution in [0.2, 0.25) is 0 Å². The van der Waals surface area contributed by atoms with Gasteiger partial charge in [0.05, 0.1) is 47.2 Å². The summed E-state index contributed by atoms with van der Waals surface area (Å²) in [5.41, 5.74) is -1.21. The van der Waals surface area contributed by atoms with Gasteiger partial charge in [-0.1, -0.05) is 39.4 Å². The van der Waals surface area contributed by atoms with E-state index < -0.39 is 78.2 Å². The van der Waals surface area contributed by atoms with E-state index in [2.05, 4.69) is 42.7 Å². The highest BCUT2D eigenvalue weighted by Crippen LogP contribution is 2.41. The number of ether oxygens (including phenoxy) is 7. The van der Waals surface area contributed by atoms with E-state index in [-0.39, 0.29) is 36.4 Å². The van der Waals surface area contributed by atoms with Crippen molar-refractivity contribution in [2.24, 2.45) is 28.8 Å². The molecule has 3 aliphatic rings. The fraction of sp³-hybridized carbons (Fsp3) is 0.900. The minimum atomic E-state index is -1.05. The molecule has 0 radical (unpaired) electrons. The highest BCUT2D eigenvalue weighted by molar-refractivity contribution is 5.88. The number of nitrogens with zero attached hydrogens (tertiary/aromatic N) is 2. The van der Waals surface area contributed by atoms with E-state index in [1.54, 1.807) is 35.1 Å². The molecule has 0 aliphatic carbocycles. The number of rotatable bonds is 10. The normalized spacial score (nSPS) is 46.0. The molecule has 3 N–H and O–H groups in total. The summed E-state index contributed by atoms with van der Waals surface area (Å²) in [5, 5.41) is 30.3. The van der Waals surface area contributed by atoms with Gasteiger partial charge < -0.3 is 53.5 Å². The van der Waals surface area contributed by atoms with Crippen LogP contribution in [0.4, 0.5) is 0 Å². The monoisotopic (exact) mass is 772 g/mol. The molecule has 3 rings (SSSR count). The van der Waals surface area contributed by atoms with Crippen LogP contribution in [0.15, 0.2) is 18.0 Å². The second-order valence-corrected chi connectivity index (χ2v) is 16.6. The Morgan fingerprint density at radius 2 is 1.65 bits per heavy atom. The lowest BCUT2D eigenvalue weighted by Crippen LogP contribution is -2.60. The predicted molar refractivity (Wildman–Crippen MR) is 206 cm³/mol. The van der Waals surface area contributed by atoms with Gasteiger partial charge in [0.1, 0.15) is 24.6 Å². The lowest BCUT2D eigenvalue weighted by molar-refractivity contribution is -0.317. The van der Waals surface area contributed by atoms with E-state index in [0.29, 0.717) is 25.8 Å². The average molecular weight is 772 g/mol. The summed E-state index contributed by atoms with van der Waals surface area (Å²) in [6, 6.07) is -0.396. The third-order valence-electron chi connectivity index (χ3n) is 12.4. The van der Waals surface area contributed by atoms with Crippen molar-refractivity contribution >= 4 is 11.7 Å². The van der Waals surface area contributed by atoms with Crippen LogP contribution >= 0.6 is 0 Å². The predicted octanol–water partition coefficient (Wildman–Crippen LogP) is 4.25. The number of carbonyl (C=O) groups is 1. The smallest absolute Gasteiger partial charge is 0.311 e. The third kappa shape index (κ3) is 10.8. The zero-order chi connectivity index (χ0) is 40.7. The molecule has 3 aliphatic heterocycles. The van der Waals surface area contributed by atoms with Crippen LogP contribution in [0.1, 0.15) is 94.9 Å². The molecule has 54 heavy (non-hydrogen) atoms. The summed E-state index contributed by atoms with van der Waals surface area (Å²) in [7, 11) is 7.01. The Hall–Kier alpha value is -1.72. The van der Waals surface area contributed by atoms with E-state index in [0.717, 1.165) is 5.71 Å². The molecule has 0 bridgehead atoms. The molecule has 0 aromatic carbocycles. The Bertz CT molecular complexity index is 1230. The van der Waals surface area contributed by atoms with E-state index in [4.69, 9.17) is 38.0 Å². The molecule has 0 aromatic heterocycles. The second-order valence-electron chi connectivity index (χ2n) is 16.6. The van der Waals surface area contributed by atoms with Crippen LogP contribution in [-0.2, 0) is 42.8 Å². The van der Waals surface area contributed by atoms with Gasteiger partial charge in [-0.15, -0.1) is 0 Å². The Balaban J connectivity index is 2.25. The van der Waals surface area contributed by atoms with Gasteiger partial charge >= 0.3 is 5.97 Å². The summed E-state index contributed by atoms with van der Waals surface area (Å²) < 4.78 is 44.9. The molecule has 314 valence electrons. The highest BCUT2D eigenvalue weighted by atomic mass is 16.7. The number of oxime groups is 1. The van der Waals surface area contributed by atoms with Crippen molar-refractivity contribution in [2.75, 3.05) is 34.9 Å². The van der Waals surface area contributed by atoms with Crippen molar-refractivity contribution in [1.29, 1.82) is 0 Å². The van der Waals surface area contributed by atoms with Crippen LogP contribution in [0.25, 0.3) is 0 Å². The van der Waals surface area contributed by atoms with Gasteiger partial charge in [0.15, 0.2) is 12.6 Å². The molecule has 14 nitrogen and oxygen atoms in total. The Labute approximate surface area is 324 Å². The Kier molecular flexibility index (Phi) is 17.4. The molecular weight excluding hydrogens is 698 g/mol. The summed E-state index contributed by atoms with van der Waals surface area (Å²) >= 11 is 0. The summed E-state index contributed by atoms with van der Waals surface area (Å²) in [5.74, 6) is -2.06. The van der Waals surface area contributed by atoms with Crippen molar-refractivity contribution < 1.29 is 53.0 Å². The maximum atomic E-state index is 14.3. The molecule has 3 saturated heterocycles. The van der Waals surface area contributed by atoms with Gasteiger partial charge in [0, 0.05) is 57.0 Å². The van der Waals surface area contributed by atoms with E-state index >= 15 is 0 Å². The number of cyclic esters (lactones) is 1. The zero-order valence-corrected chi connectivity index (χ0v) is 35.4. The van der Waals surface area contributed by atoms with Crippen LogP contribution in [0.3, 0.4) is 0 Å². The van der Waals surface area contributed by atoms with Crippen molar-refractivity contribution in [3.8, 4) is 0 Å². The first-order valence-electron chi connectivity index (χ1n) is 19.8. The maximum absolute atomic E-state index is 14.3. The van der Waals surface area contributed by atoms with Crippen molar-refractivity contribution in [1.82, 2.24) is 10.2 Å². The van der Waals surface area contributed by atoms with Gasteiger partial charge in [0.25, 0.3) is 0 Å². The number of nitrogens with one attached hydrogen (secondary N) is 1. The number of hydrogen-bond donors (Lipinski definition) is 3. The number of hydrogen-bond acceptors (Lipinski definition) is 14. The molecule has 3 fully saturated rings. The lowest BCUT2D eigenvalue weighted by atomic mass is 9.76. The standard InChI is InChI=1S/C40H73N3O11/c1-16-30-27(8)43(13)21-23(4)32(42-49-17-2)22(3)19-40(11,48-15)36(54-38-33(44)29(41-12)18-24(5)50-38)25(6)34(26(7)37(46)52-30)53-31-20-39(10,47-14)35(45)28(9)51-31/h17,22-31,33-36,38,41,44-45H,2,16,18-21H2,1,3-15H3/b42-32+/t22-,23?,24-,25+,26-,27?,28+,29+,30?,31+,33-,34?,35+,36-,38+,39-,40+/m1/s1.